The first-order valence-corrected chi connectivity index (χ1v) is 5.42. The Bertz CT molecular complexity index is 437. The smallest absolute Gasteiger partial charge is 0.328 e. The Balaban J connectivity index is 2.24. The summed E-state index contributed by atoms with van der Waals surface area (Å²) in [6, 6.07) is 1.99. The van der Waals surface area contributed by atoms with Crippen molar-refractivity contribution < 1.29 is 9.90 Å². The number of nitrogens with zero attached hydrogens (tertiary/aromatic N) is 2. The highest BCUT2D eigenvalue weighted by atomic mass is 16.4. The van der Waals surface area contributed by atoms with E-state index in [1.54, 1.807) is 0 Å². The fourth-order valence-corrected chi connectivity index (χ4v) is 1.75. The summed E-state index contributed by atoms with van der Waals surface area (Å²) in [5, 5.41) is 8.54. The highest BCUT2D eigenvalue weighted by molar-refractivity contribution is 5.84. The van der Waals surface area contributed by atoms with Gasteiger partial charge in [-0.05, 0) is 31.9 Å². The molecule has 1 fully saturated rings. The van der Waals surface area contributed by atoms with Crippen LogP contribution in [0.1, 0.15) is 42.4 Å². The van der Waals surface area contributed by atoms with E-state index < -0.39 is 5.97 Å². The monoisotopic (exact) mass is 218 g/mol. The molecule has 0 bridgehead atoms. The summed E-state index contributed by atoms with van der Waals surface area (Å²) < 4.78 is 0. The van der Waals surface area contributed by atoms with Gasteiger partial charge in [-0.2, -0.15) is 0 Å². The zero-order valence-electron chi connectivity index (χ0n) is 9.18. The van der Waals surface area contributed by atoms with Crippen LogP contribution in [0.5, 0.6) is 0 Å². The van der Waals surface area contributed by atoms with Crippen LogP contribution in [0.25, 0.3) is 6.08 Å². The lowest BCUT2D eigenvalue weighted by atomic mass is 9.82. The Kier molecular flexibility index (Phi) is 2.99. The number of rotatable bonds is 3. The summed E-state index contributed by atoms with van der Waals surface area (Å²) in [5.41, 5.74) is 1.94. The third kappa shape index (κ3) is 2.45. The molecule has 16 heavy (non-hydrogen) atoms. The average Bonchev–Trinajstić information content (AvgIpc) is 2.11. The molecule has 4 nitrogen and oxygen atoms in total. The van der Waals surface area contributed by atoms with Gasteiger partial charge in [0.25, 0.3) is 0 Å². The van der Waals surface area contributed by atoms with Gasteiger partial charge in [0.15, 0.2) is 5.82 Å². The van der Waals surface area contributed by atoms with Crippen molar-refractivity contribution in [2.75, 3.05) is 0 Å². The van der Waals surface area contributed by atoms with Crippen molar-refractivity contribution >= 4 is 12.0 Å². The lowest BCUT2D eigenvalue weighted by Gasteiger charge is -2.24. The molecule has 0 spiro atoms. The summed E-state index contributed by atoms with van der Waals surface area (Å²) in [4.78, 5) is 19.0. The molecule has 2 rings (SSSR count). The Morgan fingerprint density at radius 3 is 2.81 bits per heavy atom. The van der Waals surface area contributed by atoms with E-state index in [4.69, 9.17) is 5.11 Å². The van der Waals surface area contributed by atoms with E-state index in [1.807, 2.05) is 13.0 Å². The molecular formula is C12H14N2O2. The number of hydrogen-bond acceptors (Lipinski definition) is 3. The molecule has 1 aliphatic carbocycles. The molecule has 0 atom stereocenters. The molecular weight excluding hydrogens is 204 g/mol. The maximum Gasteiger partial charge on any atom is 0.328 e. The summed E-state index contributed by atoms with van der Waals surface area (Å²) in [6.45, 7) is 1.90. The van der Waals surface area contributed by atoms with Crippen molar-refractivity contribution in [1.82, 2.24) is 9.97 Å². The molecule has 4 heteroatoms. The Hall–Kier alpha value is -1.71. The quantitative estimate of drug-likeness (QED) is 0.789. The average molecular weight is 218 g/mol. The van der Waals surface area contributed by atoms with Gasteiger partial charge in [0.2, 0.25) is 0 Å². The Morgan fingerprint density at radius 1 is 1.50 bits per heavy atom. The van der Waals surface area contributed by atoms with Gasteiger partial charge in [0.05, 0.1) is 0 Å². The largest absolute Gasteiger partial charge is 0.478 e. The van der Waals surface area contributed by atoms with Crippen LogP contribution < -0.4 is 0 Å². The first kappa shape index (κ1) is 10.8. The third-order valence-electron chi connectivity index (χ3n) is 2.79. The van der Waals surface area contributed by atoms with Gasteiger partial charge >= 0.3 is 5.97 Å². The minimum Gasteiger partial charge on any atom is -0.478 e. The second kappa shape index (κ2) is 4.43. The number of carboxylic acid groups (broad SMARTS) is 1. The molecule has 0 aliphatic heterocycles. The zero-order chi connectivity index (χ0) is 11.5. The van der Waals surface area contributed by atoms with E-state index in [9.17, 15) is 4.79 Å². The van der Waals surface area contributed by atoms with E-state index in [1.165, 1.54) is 25.3 Å². The van der Waals surface area contributed by atoms with Crippen molar-refractivity contribution in [1.29, 1.82) is 0 Å². The number of carboxylic acids is 1. The van der Waals surface area contributed by atoms with Gasteiger partial charge in [0.1, 0.15) is 0 Å². The van der Waals surface area contributed by atoms with Crippen LogP contribution in [0.3, 0.4) is 0 Å². The fraction of sp³-hybridized carbons (Fsp3) is 0.417. The van der Waals surface area contributed by atoms with Crippen molar-refractivity contribution in [2.45, 2.75) is 32.1 Å². The molecule has 0 unspecified atom stereocenters. The van der Waals surface area contributed by atoms with Gasteiger partial charge in [0, 0.05) is 23.4 Å². The maximum atomic E-state index is 10.4. The summed E-state index contributed by atoms with van der Waals surface area (Å²) >= 11 is 0. The van der Waals surface area contributed by atoms with Gasteiger partial charge in [-0.1, -0.05) is 6.42 Å². The molecule has 0 saturated heterocycles. The fourth-order valence-electron chi connectivity index (χ4n) is 1.75. The van der Waals surface area contributed by atoms with Crippen LogP contribution in [-0.4, -0.2) is 21.0 Å². The molecule has 0 radical (unpaired) electrons. The third-order valence-corrected chi connectivity index (χ3v) is 2.79. The van der Waals surface area contributed by atoms with Crippen LogP contribution in [-0.2, 0) is 4.79 Å². The van der Waals surface area contributed by atoms with E-state index in [-0.39, 0.29) is 0 Å². The lowest BCUT2D eigenvalue weighted by Crippen LogP contribution is -2.12. The van der Waals surface area contributed by atoms with Crippen molar-refractivity contribution in [2.24, 2.45) is 0 Å². The molecule has 1 N–H and O–H groups in total. The highest BCUT2D eigenvalue weighted by Gasteiger charge is 2.21. The number of aryl methyl sites for hydroxylation is 1. The second-order valence-electron chi connectivity index (χ2n) is 4.09. The summed E-state index contributed by atoms with van der Waals surface area (Å²) in [6.07, 6.45) is 6.13. The SMILES string of the molecule is Cc1cc(C2CCC2)nc(/C=C/C(=O)O)n1. The second-order valence-corrected chi connectivity index (χ2v) is 4.09. The van der Waals surface area contributed by atoms with E-state index in [2.05, 4.69) is 9.97 Å². The first-order chi connectivity index (χ1) is 7.65. The molecule has 0 aromatic carbocycles. The number of hydrogen-bond donors (Lipinski definition) is 1. The predicted molar refractivity (Wildman–Crippen MR) is 60.0 cm³/mol. The topological polar surface area (TPSA) is 63.1 Å². The predicted octanol–water partition coefficient (Wildman–Crippen LogP) is 2.15. The Labute approximate surface area is 94.1 Å². The van der Waals surface area contributed by atoms with Gasteiger partial charge in [-0.15, -0.1) is 0 Å². The van der Waals surface area contributed by atoms with Gasteiger partial charge < -0.3 is 5.11 Å². The van der Waals surface area contributed by atoms with Crippen LogP contribution in [0, 0.1) is 6.92 Å². The molecule has 1 aliphatic rings. The molecule has 1 saturated carbocycles. The zero-order valence-corrected chi connectivity index (χ0v) is 9.18. The summed E-state index contributed by atoms with van der Waals surface area (Å²) in [5.74, 6) is 0.0540. The van der Waals surface area contributed by atoms with Crippen molar-refractivity contribution in [3.63, 3.8) is 0 Å². The van der Waals surface area contributed by atoms with E-state index >= 15 is 0 Å². The number of aromatic nitrogens is 2. The maximum absolute atomic E-state index is 10.4. The van der Waals surface area contributed by atoms with Gasteiger partial charge in [-0.3, -0.25) is 0 Å². The van der Waals surface area contributed by atoms with E-state index in [0.717, 1.165) is 17.5 Å². The lowest BCUT2D eigenvalue weighted by molar-refractivity contribution is -0.131. The minimum absolute atomic E-state index is 0.490. The first-order valence-electron chi connectivity index (χ1n) is 5.42. The Morgan fingerprint density at radius 2 is 2.25 bits per heavy atom. The minimum atomic E-state index is -0.977. The molecule has 1 aromatic heterocycles. The van der Waals surface area contributed by atoms with Crippen molar-refractivity contribution in [3.8, 4) is 0 Å². The summed E-state index contributed by atoms with van der Waals surface area (Å²) in [7, 11) is 0. The van der Waals surface area contributed by atoms with Crippen LogP contribution in [0.2, 0.25) is 0 Å². The molecule has 0 amide bonds. The van der Waals surface area contributed by atoms with E-state index in [0.29, 0.717) is 11.7 Å². The van der Waals surface area contributed by atoms with Crippen LogP contribution in [0.15, 0.2) is 12.1 Å². The highest BCUT2D eigenvalue weighted by Crippen LogP contribution is 2.35. The molecule has 84 valence electrons. The standard InChI is InChI=1S/C12H14N2O2/c1-8-7-10(9-3-2-4-9)14-11(13-8)5-6-12(15)16/h5-7,9H,2-4H2,1H3,(H,15,16)/b6-5+. The van der Waals surface area contributed by atoms with Crippen molar-refractivity contribution in [3.05, 3.63) is 29.4 Å². The van der Waals surface area contributed by atoms with Crippen LogP contribution >= 0.6 is 0 Å². The normalized spacial score (nSPS) is 16.3. The number of carbonyl (C=O) groups is 1. The molecule has 1 aromatic rings. The van der Waals surface area contributed by atoms with Crippen LogP contribution in [0.4, 0.5) is 0 Å². The number of aliphatic carboxylic acids is 1. The molecule has 1 heterocycles. The van der Waals surface area contributed by atoms with Gasteiger partial charge in [-0.25, -0.2) is 14.8 Å².